The number of benzene rings is 1. The normalized spacial score (nSPS) is 17.7. The summed E-state index contributed by atoms with van der Waals surface area (Å²) >= 11 is 2.27. The molecule has 4 heteroatoms. The van der Waals surface area contributed by atoms with Gasteiger partial charge in [0.25, 0.3) is 0 Å². The average molecular weight is 358 g/mol. The Morgan fingerprint density at radius 3 is 2.72 bits per heavy atom. The van der Waals surface area contributed by atoms with Crippen molar-refractivity contribution in [2.24, 2.45) is 5.73 Å². The fourth-order valence-electron chi connectivity index (χ4n) is 2.54. The molecule has 98 valence electrons. The van der Waals surface area contributed by atoms with E-state index in [-0.39, 0.29) is 11.4 Å². The molecule has 1 aliphatic rings. The van der Waals surface area contributed by atoms with Crippen molar-refractivity contribution in [3.05, 3.63) is 27.3 Å². The Morgan fingerprint density at radius 1 is 1.44 bits per heavy atom. The molecular formula is C14H19IN2O. The van der Waals surface area contributed by atoms with Gasteiger partial charge in [-0.15, -0.1) is 0 Å². The molecule has 0 radical (unpaired) electrons. The summed E-state index contributed by atoms with van der Waals surface area (Å²) in [7, 11) is 0. The number of anilines is 1. The number of nitrogens with two attached hydrogens (primary N) is 1. The van der Waals surface area contributed by atoms with Crippen LogP contribution in [0.15, 0.2) is 18.2 Å². The lowest BCUT2D eigenvalue weighted by molar-refractivity contribution is -0.117. The minimum Gasteiger partial charge on any atom is -0.326 e. The highest BCUT2D eigenvalue weighted by Gasteiger charge is 2.31. The first-order chi connectivity index (χ1) is 8.48. The summed E-state index contributed by atoms with van der Waals surface area (Å²) in [6, 6.07) is 6.01. The lowest BCUT2D eigenvalue weighted by atomic mass is 9.94. The lowest BCUT2D eigenvalue weighted by Gasteiger charge is -2.22. The second-order valence-electron chi connectivity index (χ2n) is 5.25. The van der Waals surface area contributed by atoms with Crippen LogP contribution in [0.25, 0.3) is 0 Å². The maximum Gasteiger partial charge on any atom is 0.226 e. The van der Waals surface area contributed by atoms with E-state index in [1.807, 2.05) is 19.1 Å². The van der Waals surface area contributed by atoms with Gasteiger partial charge < -0.3 is 11.1 Å². The van der Waals surface area contributed by atoms with E-state index in [2.05, 4.69) is 34.0 Å². The van der Waals surface area contributed by atoms with E-state index >= 15 is 0 Å². The van der Waals surface area contributed by atoms with Crippen molar-refractivity contribution in [1.29, 1.82) is 0 Å². The number of rotatable bonds is 3. The smallest absolute Gasteiger partial charge is 0.226 e. The zero-order valence-corrected chi connectivity index (χ0v) is 12.8. The van der Waals surface area contributed by atoms with Gasteiger partial charge in [-0.3, -0.25) is 4.79 Å². The molecule has 3 nitrogen and oxygen atoms in total. The molecule has 1 saturated carbocycles. The minimum atomic E-state index is -0.277. The van der Waals surface area contributed by atoms with Crippen LogP contribution in [-0.2, 0) is 4.79 Å². The Morgan fingerprint density at radius 2 is 2.11 bits per heavy atom. The third-order valence-corrected chi connectivity index (χ3v) is 4.25. The number of aryl methyl sites for hydroxylation is 1. The number of halogens is 1. The highest BCUT2D eigenvalue weighted by atomic mass is 127. The van der Waals surface area contributed by atoms with Crippen LogP contribution in [0.5, 0.6) is 0 Å². The number of carbonyl (C=O) groups is 1. The monoisotopic (exact) mass is 358 g/mol. The van der Waals surface area contributed by atoms with E-state index in [1.54, 1.807) is 0 Å². The largest absolute Gasteiger partial charge is 0.326 e. The number of carbonyl (C=O) groups excluding carboxylic acids is 1. The average Bonchev–Trinajstić information content (AvgIpc) is 2.69. The number of amides is 1. The first kappa shape index (κ1) is 13.8. The van der Waals surface area contributed by atoms with E-state index in [0.29, 0.717) is 6.42 Å². The molecule has 0 heterocycles. The molecule has 1 aromatic rings. The van der Waals surface area contributed by atoms with Crippen LogP contribution in [0.3, 0.4) is 0 Å². The SMILES string of the molecule is Cc1cc(I)ccc1NC(=O)CC1(N)CCCC1. The highest BCUT2D eigenvalue weighted by molar-refractivity contribution is 14.1. The summed E-state index contributed by atoms with van der Waals surface area (Å²) in [5.41, 5.74) is 7.92. The van der Waals surface area contributed by atoms with Crippen molar-refractivity contribution < 1.29 is 4.79 Å². The van der Waals surface area contributed by atoms with Crippen molar-refractivity contribution in [3.8, 4) is 0 Å². The lowest BCUT2D eigenvalue weighted by Crippen LogP contribution is -2.40. The molecule has 0 unspecified atom stereocenters. The third-order valence-electron chi connectivity index (χ3n) is 3.57. The molecule has 0 aliphatic heterocycles. The van der Waals surface area contributed by atoms with Gasteiger partial charge in [-0.1, -0.05) is 12.8 Å². The second kappa shape index (κ2) is 5.57. The molecule has 1 aliphatic carbocycles. The first-order valence-electron chi connectivity index (χ1n) is 6.33. The molecule has 0 aromatic heterocycles. The van der Waals surface area contributed by atoms with Gasteiger partial charge in [-0.2, -0.15) is 0 Å². The Hall–Kier alpha value is -0.620. The Labute approximate surface area is 122 Å². The number of hydrogen-bond acceptors (Lipinski definition) is 2. The topological polar surface area (TPSA) is 55.1 Å². The van der Waals surface area contributed by atoms with Gasteiger partial charge in [0.1, 0.15) is 0 Å². The van der Waals surface area contributed by atoms with E-state index < -0.39 is 0 Å². The molecule has 18 heavy (non-hydrogen) atoms. The molecule has 3 N–H and O–H groups in total. The van der Waals surface area contributed by atoms with Crippen LogP contribution < -0.4 is 11.1 Å². The zero-order valence-electron chi connectivity index (χ0n) is 10.6. The van der Waals surface area contributed by atoms with Gasteiger partial charge >= 0.3 is 0 Å². The molecule has 0 spiro atoms. The van der Waals surface area contributed by atoms with Gasteiger partial charge in [0.15, 0.2) is 0 Å². The molecular weight excluding hydrogens is 339 g/mol. The predicted molar refractivity (Wildman–Crippen MR) is 82.5 cm³/mol. The summed E-state index contributed by atoms with van der Waals surface area (Å²) in [5.74, 6) is 0.0312. The summed E-state index contributed by atoms with van der Waals surface area (Å²) < 4.78 is 1.18. The minimum absolute atomic E-state index is 0.0312. The summed E-state index contributed by atoms with van der Waals surface area (Å²) in [5, 5.41) is 2.97. The number of hydrogen-bond donors (Lipinski definition) is 2. The van der Waals surface area contributed by atoms with Gasteiger partial charge in [-0.25, -0.2) is 0 Å². The molecule has 1 aromatic carbocycles. The Balaban J connectivity index is 1.98. The van der Waals surface area contributed by atoms with Crippen LogP contribution in [0.4, 0.5) is 5.69 Å². The molecule has 0 atom stereocenters. The maximum absolute atomic E-state index is 12.0. The van der Waals surface area contributed by atoms with Gasteiger partial charge in [0.2, 0.25) is 5.91 Å². The Kier molecular flexibility index (Phi) is 4.27. The number of nitrogens with one attached hydrogen (secondary N) is 1. The van der Waals surface area contributed by atoms with Crippen molar-refractivity contribution in [1.82, 2.24) is 0 Å². The summed E-state index contributed by atoms with van der Waals surface area (Å²) in [4.78, 5) is 12.0. The molecule has 1 fully saturated rings. The standard InChI is InChI=1S/C14H19IN2O/c1-10-8-11(15)4-5-12(10)17-13(18)9-14(16)6-2-3-7-14/h4-5,8H,2-3,6-7,9,16H2,1H3,(H,17,18). The zero-order chi connectivity index (χ0) is 13.2. The van der Waals surface area contributed by atoms with Crippen LogP contribution in [-0.4, -0.2) is 11.4 Å². The van der Waals surface area contributed by atoms with E-state index in [1.165, 1.54) is 3.57 Å². The fraction of sp³-hybridized carbons (Fsp3) is 0.500. The van der Waals surface area contributed by atoms with Crippen molar-refractivity contribution in [2.45, 2.75) is 44.6 Å². The Bertz CT molecular complexity index is 453. The maximum atomic E-state index is 12.0. The fourth-order valence-corrected chi connectivity index (χ4v) is 3.18. The van der Waals surface area contributed by atoms with Gasteiger partial charge in [0, 0.05) is 21.2 Å². The van der Waals surface area contributed by atoms with Crippen molar-refractivity contribution in [2.75, 3.05) is 5.32 Å². The van der Waals surface area contributed by atoms with Crippen LogP contribution in [0, 0.1) is 10.5 Å². The molecule has 2 rings (SSSR count). The van der Waals surface area contributed by atoms with Crippen molar-refractivity contribution in [3.63, 3.8) is 0 Å². The second-order valence-corrected chi connectivity index (χ2v) is 6.50. The molecule has 1 amide bonds. The molecule has 0 bridgehead atoms. The van der Waals surface area contributed by atoms with Crippen LogP contribution >= 0.6 is 22.6 Å². The third kappa shape index (κ3) is 3.45. The first-order valence-corrected chi connectivity index (χ1v) is 7.41. The quantitative estimate of drug-likeness (QED) is 0.816. The predicted octanol–water partition coefficient (Wildman–Crippen LogP) is 3.20. The van der Waals surface area contributed by atoms with Gasteiger partial charge in [0.05, 0.1) is 0 Å². The highest BCUT2D eigenvalue weighted by Crippen LogP contribution is 2.30. The van der Waals surface area contributed by atoms with Crippen LogP contribution in [0.1, 0.15) is 37.7 Å². The summed E-state index contributed by atoms with van der Waals surface area (Å²) in [6.45, 7) is 2.01. The van der Waals surface area contributed by atoms with Crippen molar-refractivity contribution >= 4 is 34.2 Å². The van der Waals surface area contributed by atoms with Gasteiger partial charge in [-0.05, 0) is 66.1 Å². The van der Waals surface area contributed by atoms with E-state index in [9.17, 15) is 4.79 Å². The molecule has 0 saturated heterocycles. The van der Waals surface area contributed by atoms with Crippen LogP contribution in [0.2, 0.25) is 0 Å². The van der Waals surface area contributed by atoms with E-state index in [0.717, 1.165) is 36.9 Å². The summed E-state index contributed by atoms with van der Waals surface area (Å²) in [6.07, 6.45) is 4.65. The van der Waals surface area contributed by atoms with E-state index in [4.69, 9.17) is 5.73 Å².